The molecule has 2 fully saturated rings. The van der Waals surface area contributed by atoms with Gasteiger partial charge in [0.25, 0.3) is 0 Å². The number of likely N-dealkylation sites (tertiary alicyclic amines) is 1. The van der Waals surface area contributed by atoms with Crippen molar-refractivity contribution >= 4 is 17.3 Å². The van der Waals surface area contributed by atoms with Crippen molar-refractivity contribution < 1.29 is 13.6 Å². The molecule has 2 heterocycles. The first-order chi connectivity index (χ1) is 12.1. The standard InChI is InChI=1S/C19H27F2N3O/c1-2-8-23-9-4-3-7-17(23)19(25)22-14-12-15(20)18(16(21)13-14)24-10-5-6-11-24/h12-13,17H,2-11H2,1H3,(H,22,25). The molecule has 2 aliphatic heterocycles. The normalized spacial score (nSPS) is 21.6. The Hall–Kier alpha value is -1.69. The fourth-order valence-electron chi connectivity index (χ4n) is 3.95. The average Bonchev–Trinajstić information content (AvgIpc) is 3.09. The van der Waals surface area contributed by atoms with Crippen LogP contribution >= 0.6 is 0 Å². The molecule has 0 radical (unpaired) electrons. The fraction of sp³-hybridized carbons (Fsp3) is 0.632. The number of benzene rings is 1. The topological polar surface area (TPSA) is 35.6 Å². The number of nitrogens with one attached hydrogen (secondary N) is 1. The summed E-state index contributed by atoms with van der Waals surface area (Å²) in [7, 11) is 0. The van der Waals surface area contributed by atoms with Crippen molar-refractivity contribution in [3.8, 4) is 0 Å². The van der Waals surface area contributed by atoms with Crippen LogP contribution in [0.4, 0.5) is 20.2 Å². The second-order valence-electron chi connectivity index (χ2n) is 7.02. The lowest BCUT2D eigenvalue weighted by atomic mass is 10.0. The Kier molecular flexibility index (Phi) is 5.89. The van der Waals surface area contributed by atoms with E-state index in [1.54, 1.807) is 4.90 Å². The number of carbonyl (C=O) groups is 1. The first-order valence-electron chi connectivity index (χ1n) is 9.39. The van der Waals surface area contributed by atoms with Crippen molar-refractivity contribution in [3.63, 3.8) is 0 Å². The molecule has 1 aromatic carbocycles. The van der Waals surface area contributed by atoms with Gasteiger partial charge in [0.05, 0.1) is 6.04 Å². The van der Waals surface area contributed by atoms with Gasteiger partial charge in [-0.25, -0.2) is 8.78 Å². The van der Waals surface area contributed by atoms with E-state index >= 15 is 0 Å². The summed E-state index contributed by atoms with van der Waals surface area (Å²) >= 11 is 0. The number of halogens is 2. The van der Waals surface area contributed by atoms with Gasteiger partial charge in [-0.1, -0.05) is 13.3 Å². The van der Waals surface area contributed by atoms with E-state index in [-0.39, 0.29) is 23.3 Å². The summed E-state index contributed by atoms with van der Waals surface area (Å²) in [5.41, 5.74) is 0.228. The average molecular weight is 351 g/mol. The van der Waals surface area contributed by atoms with Crippen LogP contribution in [0.5, 0.6) is 0 Å². The number of nitrogens with zero attached hydrogens (tertiary/aromatic N) is 2. The van der Waals surface area contributed by atoms with E-state index in [1.807, 2.05) is 0 Å². The molecular weight excluding hydrogens is 324 g/mol. The fourth-order valence-corrected chi connectivity index (χ4v) is 3.95. The molecule has 2 saturated heterocycles. The summed E-state index contributed by atoms with van der Waals surface area (Å²) in [6.07, 6.45) is 5.78. The number of piperidine rings is 1. The summed E-state index contributed by atoms with van der Waals surface area (Å²) < 4.78 is 28.8. The quantitative estimate of drug-likeness (QED) is 0.877. The van der Waals surface area contributed by atoms with Crippen LogP contribution in [0.2, 0.25) is 0 Å². The van der Waals surface area contributed by atoms with Crippen LogP contribution in [0.15, 0.2) is 12.1 Å². The summed E-state index contributed by atoms with van der Waals surface area (Å²) in [4.78, 5) is 16.5. The monoisotopic (exact) mass is 351 g/mol. The highest BCUT2D eigenvalue weighted by Gasteiger charge is 2.28. The number of carbonyl (C=O) groups excluding carboxylic acids is 1. The molecule has 0 bridgehead atoms. The van der Waals surface area contributed by atoms with E-state index in [2.05, 4.69) is 17.1 Å². The summed E-state index contributed by atoms with van der Waals surface area (Å²) in [5, 5.41) is 2.72. The van der Waals surface area contributed by atoms with E-state index in [0.29, 0.717) is 13.1 Å². The van der Waals surface area contributed by atoms with Gasteiger partial charge in [-0.15, -0.1) is 0 Å². The van der Waals surface area contributed by atoms with Crippen molar-refractivity contribution in [1.82, 2.24) is 4.90 Å². The Labute approximate surface area is 148 Å². The van der Waals surface area contributed by atoms with Gasteiger partial charge < -0.3 is 10.2 Å². The molecule has 2 aliphatic rings. The minimum Gasteiger partial charge on any atom is -0.367 e. The Balaban J connectivity index is 1.72. The lowest BCUT2D eigenvalue weighted by Crippen LogP contribution is -2.47. The summed E-state index contributed by atoms with van der Waals surface area (Å²) in [6.45, 7) is 5.21. The van der Waals surface area contributed by atoms with E-state index < -0.39 is 11.6 Å². The lowest BCUT2D eigenvalue weighted by molar-refractivity contribution is -0.122. The zero-order chi connectivity index (χ0) is 17.8. The van der Waals surface area contributed by atoms with Gasteiger partial charge >= 0.3 is 0 Å². The number of anilines is 2. The van der Waals surface area contributed by atoms with Gasteiger partial charge in [-0.3, -0.25) is 9.69 Å². The van der Waals surface area contributed by atoms with Gasteiger partial charge in [0, 0.05) is 18.8 Å². The molecule has 25 heavy (non-hydrogen) atoms. The molecular formula is C19H27F2N3O. The van der Waals surface area contributed by atoms with Crippen LogP contribution in [0.3, 0.4) is 0 Å². The summed E-state index contributed by atoms with van der Waals surface area (Å²) in [6, 6.07) is 2.27. The molecule has 1 unspecified atom stereocenters. The first-order valence-corrected chi connectivity index (χ1v) is 9.39. The van der Waals surface area contributed by atoms with Crippen LogP contribution in [0.25, 0.3) is 0 Å². The second-order valence-corrected chi connectivity index (χ2v) is 7.02. The predicted octanol–water partition coefficient (Wildman–Crippen LogP) is 3.77. The first kappa shape index (κ1) is 18.1. The minimum absolute atomic E-state index is 0.0285. The van der Waals surface area contributed by atoms with Crippen LogP contribution in [0.1, 0.15) is 45.4 Å². The van der Waals surface area contributed by atoms with Crippen molar-refractivity contribution in [2.45, 2.75) is 51.5 Å². The Morgan fingerprint density at radius 1 is 1.12 bits per heavy atom. The number of hydrogen-bond acceptors (Lipinski definition) is 3. The van der Waals surface area contributed by atoms with Crippen molar-refractivity contribution in [2.24, 2.45) is 0 Å². The third-order valence-electron chi connectivity index (χ3n) is 5.13. The molecule has 0 aliphatic carbocycles. The van der Waals surface area contributed by atoms with Gasteiger partial charge in [0.2, 0.25) is 5.91 Å². The number of amides is 1. The Morgan fingerprint density at radius 3 is 2.40 bits per heavy atom. The van der Waals surface area contributed by atoms with Crippen LogP contribution in [-0.2, 0) is 4.79 Å². The van der Waals surface area contributed by atoms with Crippen molar-refractivity contribution in [2.75, 3.05) is 36.4 Å². The van der Waals surface area contributed by atoms with Crippen LogP contribution in [0, 0.1) is 11.6 Å². The minimum atomic E-state index is -0.605. The Bertz CT molecular complexity index is 592. The molecule has 1 atom stereocenters. The zero-order valence-corrected chi connectivity index (χ0v) is 14.9. The van der Waals surface area contributed by atoms with E-state index in [1.165, 1.54) is 12.1 Å². The van der Waals surface area contributed by atoms with Gasteiger partial charge in [0.15, 0.2) is 11.6 Å². The Morgan fingerprint density at radius 2 is 1.76 bits per heavy atom. The summed E-state index contributed by atoms with van der Waals surface area (Å²) in [5.74, 6) is -1.38. The molecule has 1 aromatic rings. The molecule has 1 amide bonds. The smallest absolute Gasteiger partial charge is 0.241 e. The van der Waals surface area contributed by atoms with Crippen LogP contribution < -0.4 is 10.2 Å². The highest BCUT2D eigenvalue weighted by molar-refractivity contribution is 5.95. The maximum Gasteiger partial charge on any atom is 0.241 e. The molecule has 138 valence electrons. The third kappa shape index (κ3) is 4.11. The number of hydrogen-bond donors (Lipinski definition) is 1. The molecule has 3 rings (SSSR count). The van der Waals surface area contributed by atoms with E-state index in [0.717, 1.165) is 51.6 Å². The van der Waals surface area contributed by atoms with Crippen molar-refractivity contribution in [3.05, 3.63) is 23.8 Å². The maximum absolute atomic E-state index is 14.4. The molecule has 0 saturated carbocycles. The second kappa shape index (κ2) is 8.13. The van der Waals surface area contributed by atoms with Gasteiger partial charge in [0.1, 0.15) is 5.69 Å². The maximum atomic E-state index is 14.4. The van der Waals surface area contributed by atoms with Gasteiger partial charge in [-0.2, -0.15) is 0 Å². The molecule has 0 spiro atoms. The predicted molar refractivity (Wildman–Crippen MR) is 95.9 cm³/mol. The third-order valence-corrected chi connectivity index (χ3v) is 5.13. The number of rotatable bonds is 5. The highest BCUT2D eigenvalue weighted by atomic mass is 19.1. The van der Waals surface area contributed by atoms with Crippen molar-refractivity contribution in [1.29, 1.82) is 0 Å². The van der Waals surface area contributed by atoms with E-state index in [4.69, 9.17) is 0 Å². The largest absolute Gasteiger partial charge is 0.367 e. The molecule has 0 aromatic heterocycles. The highest BCUT2D eigenvalue weighted by Crippen LogP contribution is 2.30. The molecule has 4 nitrogen and oxygen atoms in total. The zero-order valence-electron chi connectivity index (χ0n) is 14.9. The van der Waals surface area contributed by atoms with E-state index in [9.17, 15) is 13.6 Å². The lowest BCUT2D eigenvalue weighted by Gasteiger charge is -2.34. The van der Waals surface area contributed by atoms with Crippen LogP contribution in [-0.4, -0.2) is 43.0 Å². The SMILES string of the molecule is CCCN1CCCCC1C(=O)Nc1cc(F)c(N2CCCC2)c(F)c1. The molecule has 6 heteroatoms. The molecule has 1 N–H and O–H groups in total. The van der Waals surface area contributed by atoms with Gasteiger partial charge in [-0.05, 0) is 57.3 Å².